The smallest absolute Gasteiger partial charge is 0.336 e. The molecule has 0 aliphatic rings. The Hall–Kier alpha value is -3.28. The van der Waals surface area contributed by atoms with Gasteiger partial charge in [0, 0.05) is 19.8 Å². The first-order valence-corrected chi connectivity index (χ1v) is 9.65. The van der Waals surface area contributed by atoms with E-state index in [1.54, 1.807) is 6.20 Å². The topological polar surface area (TPSA) is 162 Å². The van der Waals surface area contributed by atoms with Crippen molar-refractivity contribution in [1.82, 2.24) is 14.7 Å². The normalized spacial score (nSPS) is 12.0. The Labute approximate surface area is 185 Å². The van der Waals surface area contributed by atoms with Gasteiger partial charge in [0.2, 0.25) is 0 Å². The van der Waals surface area contributed by atoms with E-state index < -0.39 is 36.4 Å². The van der Waals surface area contributed by atoms with Gasteiger partial charge in [-0.25, -0.2) is 4.79 Å². The summed E-state index contributed by atoms with van der Waals surface area (Å²) in [6.07, 6.45) is -0.544. The van der Waals surface area contributed by atoms with Gasteiger partial charge in [0.05, 0.1) is 25.1 Å². The highest BCUT2D eigenvalue weighted by Gasteiger charge is 2.40. The van der Waals surface area contributed by atoms with Gasteiger partial charge in [-0.2, -0.15) is 5.10 Å². The first-order chi connectivity index (χ1) is 15.0. The largest absolute Gasteiger partial charge is 0.481 e. The van der Waals surface area contributed by atoms with Gasteiger partial charge in [0.15, 0.2) is 5.60 Å². The molecule has 11 nitrogen and oxygen atoms in total. The second-order valence-corrected chi connectivity index (χ2v) is 7.32. The Bertz CT molecular complexity index is 866. The molecule has 0 unspecified atom stereocenters. The maximum Gasteiger partial charge on any atom is 0.336 e. The summed E-state index contributed by atoms with van der Waals surface area (Å²) in [4.78, 5) is 32.6. The van der Waals surface area contributed by atoms with E-state index in [2.05, 4.69) is 22.1 Å². The van der Waals surface area contributed by atoms with E-state index in [9.17, 15) is 14.4 Å². The lowest BCUT2D eigenvalue weighted by atomic mass is 9.96. The molecule has 0 aliphatic carbocycles. The maximum atomic E-state index is 10.3. The van der Waals surface area contributed by atoms with Crippen LogP contribution in [0.1, 0.15) is 30.2 Å². The fourth-order valence-corrected chi connectivity index (χ4v) is 2.69. The summed E-state index contributed by atoms with van der Waals surface area (Å²) >= 11 is 0. The molecule has 1 aromatic carbocycles. The highest BCUT2D eigenvalue weighted by atomic mass is 16.5. The molecule has 2 aromatic rings. The zero-order valence-corrected chi connectivity index (χ0v) is 18.2. The van der Waals surface area contributed by atoms with Crippen LogP contribution in [0.25, 0.3) is 0 Å². The SMILES string of the molecule is CN(C)CCO[C@@H](c1ccccc1)c1ccnn1C.O=C(O)CC(O)(CC(=O)O)C(=O)O. The van der Waals surface area contributed by atoms with Crippen LogP contribution >= 0.6 is 0 Å². The molecule has 4 N–H and O–H groups in total. The standard InChI is InChI=1S/C15H21N3O.C6H8O7/c1-17(2)11-12-19-15(13-7-5-4-6-8-13)14-9-10-16-18(14)3;7-3(8)1-6(13,5(11)12)2-4(9)10/h4-10,15H,11-12H2,1-3H3;13H,1-2H2,(H,7,8)(H,9,10)(H,11,12)/t15-;/m0./s1. The monoisotopic (exact) mass is 451 g/mol. The highest BCUT2D eigenvalue weighted by molar-refractivity contribution is 5.88. The molecule has 0 fully saturated rings. The molecule has 32 heavy (non-hydrogen) atoms. The van der Waals surface area contributed by atoms with Crippen molar-refractivity contribution in [1.29, 1.82) is 0 Å². The van der Waals surface area contributed by atoms with Crippen LogP contribution in [0, 0.1) is 0 Å². The van der Waals surface area contributed by atoms with Crippen LogP contribution in [0.3, 0.4) is 0 Å². The summed E-state index contributed by atoms with van der Waals surface area (Å²) in [7, 11) is 6.04. The summed E-state index contributed by atoms with van der Waals surface area (Å²) in [5.41, 5.74) is -0.507. The van der Waals surface area contributed by atoms with E-state index in [1.807, 2.05) is 50.1 Å². The van der Waals surface area contributed by atoms with Crippen molar-refractivity contribution >= 4 is 17.9 Å². The Morgan fingerprint density at radius 3 is 2.03 bits per heavy atom. The third-order valence-electron chi connectivity index (χ3n) is 4.34. The number of aliphatic carboxylic acids is 3. The van der Waals surface area contributed by atoms with Crippen LogP contribution in [-0.2, 0) is 26.2 Å². The van der Waals surface area contributed by atoms with Crippen LogP contribution in [-0.4, -0.2) is 85.9 Å². The molecule has 2 rings (SSSR count). The van der Waals surface area contributed by atoms with Crippen LogP contribution in [0.15, 0.2) is 42.6 Å². The number of hydrogen-bond acceptors (Lipinski definition) is 7. The van der Waals surface area contributed by atoms with Crippen LogP contribution in [0.5, 0.6) is 0 Å². The number of hydrogen-bond donors (Lipinski definition) is 4. The van der Waals surface area contributed by atoms with Crippen molar-refractivity contribution in [2.24, 2.45) is 7.05 Å². The lowest BCUT2D eigenvalue weighted by Gasteiger charge is -2.20. The number of carboxylic acids is 3. The Morgan fingerprint density at radius 1 is 1.06 bits per heavy atom. The molecule has 0 saturated heterocycles. The third-order valence-corrected chi connectivity index (χ3v) is 4.34. The molecule has 0 saturated carbocycles. The van der Waals surface area contributed by atoms with Crippen LogP contribution in [0.2, 0.25) is 0 Å². The van der Waals surface area contributed by atoms with Gasteiger partial charge in [-0.1, -0.05) is 30.3 Å². The van der Waals surface area contributed by atoms with Gasteiger partial charge in [0.1, 0.15) is 6.10 Å². The average Bonchev–Trinajstić information content (AvgIpc) is 3.10. The minimum Gasteiger partial charge on any atom is -0.481 e. The van der Waals surface area contributed by atoms with Crippen molar-refractivity contribution < 1.29 is 39.5 Å². The zero-order valence-electron chi connectivity index (χ0n) is 18.2. The number of likely N-dealkylation sites (N-methyl/N-ethyl adjacent to an activating group) is 1. The van der Waals surface area contributed by atoms with E-state index in [4.69, 9.17) is 25.2 Å². The Balaban J connectivity index is 0.000000347. The van der Waals surface area contributed by atoms with E-state index in [0.717, 1.165) is 17.8 Å². The lowest BCUT2D eigenvalue weighted by molar-refractivity contribution is -0.170. The summed E-state index contributed by atoms with van der Waals surface area (Å²) in [6.45, 7) is 1.60. The summed E-state index contributed by atoms with van der Waals surface area (Å²) < 4.78 is 7.93. The first kappa shape index (κ1) is 26.8. The highest BCUT2D eigenvalue weighted by Crippen LogP contribution is 2.25. The molecule has 1 heterocycles. The van der Waals surface area contributed by atoms with Crippen molar-refractivity contribution in [3.63, 3.8) is 0 Å². The fourth-order valence-electron chi connectivity index (χ4n) is 2.69. The molecule has 1 atom stereocenters. The number of aliphatic hydroxyl groups is 1. The average molecular weight is 451 g/mol. The van der Waals surface area contributed by atoms with Crippen molar-refractivity contribution in [2.75, 3.05) is 27.2 Å². The van der Waals surface area contributed by atoms with Gasteiger partial charge >= 0.3 is 17.9 Å². The second-order valence-electron chi connectivity index (χ2n) is 7.32. The van der Waals surface area contributed by atoms with Crippen molar-refractivity contribution in [2.45, 2.75) is 24.5 Å². The number of carbonyl (C=O) groups is 3. The van der Waals surface area contributed by atoms with Crippen LogP contribution in [0.4, 0.5) is 0 Å². The summed E-state index contributed by atoms with van der Waals surface area (Å²) in [5.74, 6) is -5.02. The molecule has 0 spiro atoms. The second kappa shape index (κ2) is 12.5. The van der Waals surface area contributed by atoms with Crippen molar-refractivity contribution in [3.05, 3.63) is 53.9 Å². The third kappa shape index (κ3) is 8.84. The van der Waals surface area contributed by atoms with Crippen molar-refractivity contribution in [3.8, 4) is 0 Å². The molecular weight excluding hydrogens is 422 g/mol. The fraction of sp³-hybridized carbons (Fsp3) is 0.429. The molecule has 11 heteroatoms. The van der Waals surface area contributed by atoms with Gasteiger partial charge in [-0.15, -0.1) is 0 Å². The Kier molecular flexibility index (Phi) is 10.5. The number of carboxylic acid groups (broad SMARTS) is 3. The molecule has 176 valence electrons. The molecule has 1 aromatic heterocycles. The zero-order chi connectivity index (χ0) is 24.3. The quantitative estimate of drug-likeness (QED) is 0.385. The number of aryl methyl sites for hydroxylation is 1. The van der Waals surface area contributed by atoms with Crippen LogP contribution < -0.4 is 0 Å². The van der Waals surface area contributed by atoms with Gasteiger partial charge < -0.3 is 30.1 Å². The molecule has 0 amide bonds. The lowest BCUT2D eigenvalue weighted by Crippen LogP contribution is -2.42. The predicted molar refractivity (Wildman–Crippen MR) is 113 cm³/mol. The van der Waals surface area contributed by atoms with E-state index >= 15 is 0 Å². The summed E-state index contributed by atoms with van der Waals surface area (Å²) in [5, 5.41) is 38.0. The van der Waals surface area contributed by atoms with E-state index in [1.165, 1.54) is 0 Å². The van der Waals surface area contributed by atoms with Gasteiger partial charge in [-0.3, -0.25) is 14.3 Å². The number of ether oxygens (including phenoxy) is 1. The number of nitrogens with zero attached hydrogens (tertiary/aromatic N) is 3. The van der Waals surface area contributed by atoms with Gasteiger partial charge in [0.25, 0.3) is 0 Å². The van der Waals surface area contributed by atoms with E-state index in [-0.39, 0.29) is 6.10 Å². The summed E-state index contributed by atoms with van der Waals surface area (Å²) in [6, 6.07) is 12.3. The first-order valence-electron chi connectivity index (χ1n) is 9.65. The molecule has 0 bridgehead atoms. The number of rotatable bonds is 11. The van der Waals surface area contributed by atoms with E-state index in [0.29, 0.717) is 6.61 Å². The maximum absolute atomic E-state index is 10.3. The minimum absolute atomic E-state index is 0.0614. The number of aromatic nitrogens is 2. The molecule has 0 aliphatic heterocycles. The number of benzene rings is 1. The minimum atomic E-state index is -2.74. The molecule has 0 radical (unpaired) electrons. The molecular formula is C21H29N3O8. The van der Waals surface area contributed by atoms with Gasteiger partial charge in [-0.05, 0) is 25.7 Å². The predicted octanol–water partition coefficient (Wildman–Crippen LogP) is 0.839. The Morgan fingerprint density at radius 2 is 1.62 bits per heavy atom.